The van der Waals surface area contributed by atoms with Crippen molar-refractivity contribution in [1.29, 1.82) is 0 Å². The van der Waals surface area contributed by atoms with Crippen molar-refractivity contribution in [3.05, 3.63) is 71.6 Å². The highest BCUT2D eigenvalue weighted by atomic mass is 19.4. The van der Waals surface area contributed by atoms with Gasteiger partial charge in [0.15, 0.2) is 0 Å². The molecule has 1 fully saturated rings. The Kier molecular flexibility index (Phi) is 5.12. The molecule has 8 heteroatoms. The Balaban J connectivity index is 1.34. The number of nitrogens with one attached hydrogen (secondary N) is 1. The molecule has 1 aliphatic rings. The van der Waals surface area contributed by atoms with Crippen molar-refractivity contribution >= 4 is 10.8 Å². The number of fused-ring (bicyclic) bond motifs is 1. The van der Waals surface area contributed by atoms with E-state index >= 15 is 0 Å². The maximum atomic E-state index is 14.2. The molecule has 29 heavy (non-hydrogen) atoms. The second kappa shape index (κ2) is 7.59. The quantitative estimate of drug-likeness (QED) is 0.587. The lowest BCUT2D eigenvalue weighted by Gasteiger charge is -2.36. The Morgan fingerprint density at radius 1 is 1.03 bits per heavy atom. The van der Waals surface area contributed by atoms with Gasteiger partial charge in [-0.3, -0.25) is 4.98 Å². The second-order valence-electron chi connectivity index (χ2n) is 7.05. The van der Waals surface area contributed by atoms with Crippen molar-refractivity contribution < 1.29 is 26.7 Å². The summed E-state index contributed by atoms with van der Waals surface area (Å²) in [5, 5.41) is 4.88. The van der Waals surface area contributed by atoms with E-state index in [0.29, 0.717) is 31.0 Å². The van der Waals surface area contributed by atoms with Crippen LogP contribution in [0.1, 0.15) is 24.0 Å². The first-order valence-corrected chi connectivity index (χ1v) is 9.09. The first kappa shape index (κ1) is 19.6. The van der Waals surface area contributed by atoms with Gasteiger partial charge in [0.25, 0.3) is 0 Å². The van der Waals surface area contributed by atoms with E-state index < -0.39 is 17.6 Å². The van der Waals surface area contributed by atoms with E-state index in [1.807, 2.05) is 0 Å². The highest BCUT2D eigenvalue weighted by Gasteiger charge is 2.35. The zero-order valence-electron chi connectivity index (χ0n) is 15.1. The maximum absolute atomic E-state index is 14.2. The predicted octanol–water partition coefficient (Wildman–Crippen LogP) is 5.23. The number of hydrogen-bond donors (Lipinski definition) is 1. The average Bonchev–Trinajstić information content (AvgIpc) is 2.65. The Hall–Kier alpha value is -2.74. The van der Waals surface area contributed by atoms with Crippen LogP contribution in [0.4, 0.5) is 22.0 Å². The van der Waals surface area contributed by atoms with Gasteiger partial charge in [-0.1, -0.05) is 0 Å². The minimum absolute atomic E-state index is 0.0187. The Morgan fingerprint density at radius 3 is 2.55 bits per heavy atom. The van der Waals surface area contributed by atoms with Crippen LogP contribution in [-0.2, 0) is 12.7 Å². The highest BCUT2D eigenvalue weighted by molar-refractivity contribution is 5.84. The van der Waals surface area contributed by atoms with Gasteiger partial charge < -0.3 is 10.1 Å². The van der Waals surface area contributed by atoms with Gasteiger partial charge in [0.1, 0.15) is 23.5 Å². The van der Waals surface area contributed by atoms with Gasteiger partial charge in [0, 0.05) is 35.9 Å². The molecule has 1 saturated carbocycles. The average molecular weight is 408 g/mol. The van der Waals surface area contributed by atoms with Crippen molar-refractivity contribution in [2.75, 3.05) is 0 Å². The van der Waals surface area contributed by atoms with E-state index in [2.05, 4.69) is 10.3 Å². The number of rotatable bonds is 5. The third-order valence-electron chi connectivity index (χ3n) is 5.08. The molecule has 3 nitrogen and oxygen atoms in total. The maximum Gasteiger partial charge on any atom is 0.419 e. The molecule has 0 saturated heterocycles. The molecule has 3 aromatic rings. The first-order valence-electron chi connectivity index (χ1n) is 9.09. The fourth-order valence-electron chi connectivity index (χ4n) is 3.45. The minimum atomic E-state index is -4.77. The summed E-state index contributed by atoms with van der Waals surface area (Å²) < 4.78 is 71.5. The zero-order chi connectivity index (χ0) is 20.6. The van der Waals surface area contributed by atoms with E-state index in [9.17, 15) is 22.0 Å². The SMILES string of the molecule is Fc1ccc(OC2CC(NCc3c(F)ccc4cnccc34)C2)cc1C(F)(F)F. The topological polar surface area (TPSA) is 34.1 Å². The second-order valence-corrected chi connectivity index (χ2v) is 7.05. The fraction of sp³-hybridized carbons (Fsp3) is 0.286. The molecule has 0 aliphatic heterocycles. The van der Waals surface area contributed by atoms with Crippen LogP contribution in [0.5, 0.6) is 5.75 Å². The molecule has 0 unspecified atom stereocenters. The van der Waals surface area contributed by atoms with E-state index in [1.54, 1.807) is 24.5 Å². The number of hydrogen-bond acceptors (Lipinski definition) is 3. The summed E-state index contributed by atoms with van der Waals surface area (Å²) in [6.45, 7) is 0.319. The molecule has 0 amide bonds. The number of pyridine rings is 1. The van der Waals surface area contributed by atoms with Gasteiger partial charge in [-0.05, 0) is 54.6 Å². The molecule has 0 atom stereocenters. The first-order chi connectivity index (χ1) is 13.8. The molecular weight excluding hydrogens is 391 g/mol. The van der Waals surface area contributed by atoms with E-state index in [-0.39, 0.29) is 23.7 Å². The minimum Gasteiger partial charge on any atom is -0.490 e. The predicted molar refractivity (Wildman–Crippen MR) is 97.4 cm³/mol. The molecule has 2 aromatic carbocycles. The number of nitrogens with zero attached hydrogens (tertiary/aromatic N) is 1. The van der Waals surface area contributed by atoms with Crippen molar-refractivity contribution in [2.45, 2.75) is 37.7 Å². The largest absolute Gasteiger partial charge is 0.490 e. The lowest BCUT2D eigenvalue weighted by Crippen LogP contribution is -2.46. The van der Waals surface area contributed by atoms with Crippen LogP contribution >= 0.6 is 0 Å². The Bertz CT molecular complexity index is 1030. The van der Waals surface area contributed by atoms with Crippen LogP contribution in [0.2, 0.25) is 0 Å². The van der Waals surface area contributed by atoms with Gasteiger partial charge >= 0.3 is 6.18 Å². The number of benzene rings is 2. The molecule has 0 bridgehead atoms. The molecule has 152 valence electrons. The van der Waals surface area contributed by atoms with Crippen LogP contribution in [0, 0.1) is 11.6 Å². The third-order valence-corrected chi connectivity index (χ3v) is 5.08. The van der Waals surface area contributed by atoms with Crippen LogP contribution < -0.4 is 10.1 Å². The van der Waals surface area contributed by atoms with Gasteiger partial charge in [0.05, 0.1) is 5.56 Å². The summed E-state index contributed by atoms with van der Waals surface area (Å²) >= 11 is 0. The van der Waals surface area contributed by atoms with Gasteiger partial charge in [-0.2, -0.15) is 13.2 Å². The van der Waals surface area contributed by atoms with Gasteiger partial charge in [0.2, 0.25) is 0 Å². The summed E-state index contributed by atoms with van der Waals surface area (Å²) in [6.07, 6.45) is -0.648. The summed E-state index contributed by atoms with van der Waals surface area (Å²) in [4.78, 5) is 4.03. The Morgan fingerprint density at radius 2 is 1.79 bits per heavy atom. The monoisotopic (exact) mass is 408 g/mol. The van der Waals surface area contributed by atoms with Crippen LogP contribution in [0.15, 0.2) is 48.8 Å². The molecule has 0 radical (unpaired) electrons. The lowest BCUT2D eigenvalue weighted by atomic mass is 9.89. The highest BCUT2D eigenvalue weighted by Crippen LogP contribution is 2.35. The number of alkyl halides is 3. The fourth-order valence-corrected chi connectivity index (χ4v) is 3.45. The zero-order valence-corrected chi connectivity index (χ0v) is 15.1. The van der Waals surface area contributed by atoms with Crippen LogP contribution in [-0.4, -0.2) is 17.1 Å². The number of halogens is 5. The molecule has 1 heterocycles. The molecule has 1 N–H and O–H groups in total. The summed E-state index contributed by atoms with van der Waals surface area (Å²) in [6, 6.07) is 7.51. The smallest absolute Gasteiger partial charge is 0.419 e. The summed E-state index contributed by atoms with van der Waals surface area (Å²) in [7, 11) is 0. The van der Waals surface area contributed by atoms with E-state index in [4.69, 9.17) is 4.74 Å². The van der Waals surface area contributed by atoms with Crippen molar-refractivity contribution in [3.8, 4) is 5.75 Å². The standard InChI is InChI=1S/C21H17F5N2O/c22-19-3-1-12-10-27-6-5-16(12)17(19)11-28-13-7-15(8-13)29-14-2-4-20(23)18(9-14)21(24,25)26/h1-6,9-10,13,15,28H,7-8,11H2. The van der Waals surface area contributed by atoms with E-state index in [0.717, 1.165) is 16.8 Å². The molecule has 4 rings (SSSR count). The van der Waals surface area contributed by atoms with Crippen LogP contribution in [0.3, 0.4) is 0 Å². The summed E-state index contributed by atoms with van der Waals surface area (Å²) in [5.74, 6) is -1.66. The van der Waals surface area contributed by atoms with Crippen LogP contribution in [0.25, 0.3) is 10.8 Å². The van der Waals surface area contributed by atoms with Crippen molar-refractivity contribution in [2.24, 2.45) is 0 Å². The molecule has 1 aliphatic carbocycles. The number of aromatic nitrogens is 1. The van der Waals surface area contributed by atoms with Crippen molar-refractivity contribution in [3.63, 3.8) is 0 Å². The molecule has 1 aromatic heterocycles. The van der Waals surface area contributed by atoms with Gasteiger partial charge in [-0.25, -0.2) is 8.78 Å². The van der Waals surface area contributed by atoms with E-state index in [1.165, 1.54) is 12.1 Å². The third kappa shape index (κ3) is 4.17. The lowest BCUT2D eigenvalue weighted by molar-refractivity contribution is -0.140. The normalized spacial score (nSPS) is 19.2. The Labute approximate surface area is 163 Å². The molecule has 0 spiro atoms. The molecular formula is C21H17F5N2O. The number of ether oxygens (including phenoxy) is 1. The van der Waals surface area contributed by atoms with Crippen molar-refractivity contribution in [1.82, 2.24) is 10.3 Å². The van der Waals surface area contributed by atoms with Gasteiger partial charge in [-0.15, -0.1) is 0 Å². The summed E-state index contributed by atoms with van der Waals surface area (Å²) in [5.41, 5.74) is -0.799.